The number of pyridine rings is 1. The van der Waals surface area contributed by atoms with Gasteiger partial charge >= 0.3 is 11.7 Å². The second-order valence-electron chi connectivity index (χ2n) is 6.43. The number of urea groups is 1. The highest BCUT2D eigenvalue weighted by molar-refractivity contribution is 5.97. The number of fused-ring (bicyclic) bond motifs is 2. The van der Waals surface area contributed by atoms with Crippen LogP contribution in [0, 0.1) is 0 Å². The summed E-state index contributed by atoms with van der Waals surface area (Å²) in [5.74, 6) is 0.599. The van der Waals surface area contributed by atoms with Crippen LogP contribution in [0.3, 0.4) is 0 Å². The molecule has 2 amide bonds. The molecule has 0 aliphatic carbocycles. The number of H-pyrrole nitrogens is 2. The summed E-state index contributed by atoms with van der Waals surface area (Å²) in [6.45, 7) is 4.05. The number of para-hydroxylation sites is 1. The molecule has 1 aromatic carbocycles. The van der Waals surface area contributed by atoms with E-state index in [9.17, 15) is 9.59 Å². The van der Waals surface area contributed by atoms with Crippen molar-refractivity contribution in [3.8, 4) is 5.75 Å². The number of aromatic amines is 2. The second-order valence-corrected chi connectivity index (χ2v) is 6.43. The molecular weight excluding hydrogens is 348 g/mol. The predicted octanol–water partition coefficient (Wildman–Crippen LogP) is 0.788. The number of carbonyl (C=O) groups excluding carboxylic acids is 1. The highest BCUT2D eigenvalue weighted by Crippen LogP contribution is 2.30. The van der Waals surface area contributed by atoms with Gasteiger partial charge in [-0.15, -0.1) is 0 Å². The molecule has 142 valence electrons. The van der Waals surface area contributed by atoms with Crippen molar-refractivity contribution in [1.82, 2.24) is 30.5 Å². The van der Waals surface area contributed by atoms with Crippen LogP contribution in [0.15, 0.2) is 29.1 Å². The molecule has 4 rings (SSSR count). The maximum Gasteiger partial charge on any atom is 0.325 e. The quantitative estimate of drug-likeness (QED) is 0.496. The first-order valence-electron chi connectivity index (χ1n) is 9.09. The SMILES string of the molecule is O=C(NCCCOc1c2ccccc2nc2[nH]c(=O)[nH]c12)N1CCNCC1. The highest BCUT2D eigenvalue weighted by Gasteiger charge is 2.16. The first kappa shape index (κ1) is 17.3. The summed E-state index contributed by atoms with van der Waals surface area (Å²) < 4.78 is 5.97. The van der Waals surface area contributed by atoms with Crippen LogP contribution in [0.1, 0.15) is 6.42 Å². The molecule has 0 spiro atoms. The van der Waals surface area contributed by atoms with Crippen LogP contribution in [-0.4, -0.2) is 65.2 Å². The summed E-state index contributed by atoms with van der Waals surface area (Å²) in [7, 11) is 0. The molecule has 1 aliphatic heterocycles. The fourth-order valence-corrected chi connectivity index (χ4v) is 3.21. The number of rotatable bonds is 5. The number of ether oxygens (including phenoxy) is 1. The molecule has 1 aliphatic rings. The standard InChI is InChI=1S/C18H22N6O3/c25-17-22-14-15(12-4-1-2-5-13(12)21-16(14)23-17)27-11-3-6-20-18(26)24-9-7-19-8-10-24/h1-2,4-5,19H,3,6-11H2,(H,20,26)(H2,21,22,23,25). The van der Waals surface area contributed by atoms with Crippen LogP contribution in [0.4, 0.5) is 4.79 Å². The van der Waals surface area contributed by atoms with E-state index in [4.69, 9.17) is 4.74 Å². The third-order valence-electron chi connectivity index (χ3n) is 4.56. The van der Waals surface area contributed by atoms with Gasteiger partial charge in [0.1, 0.15) is 5.52 Å². The van der Waals surface area contributed by atoms with Crippen LogP contribution in [0.5, 0.6) is 5.75 Å². The molecule has 1 saturated heterocycles. The topological polar surface area (TPSA) is 115 Å². The molecule has 4 N–H and O–H groups in total. The number of aromatic nitrogens is 3. The zero-order valence-corrected chi connectivity index (χ0v) is 14.9. The van der Waals surface area contributed by atoms with Gasteiger partial charge in [0, 0.05) is 38.1 Å². The zero-order valence-electron chi connectivity index (χ0n) is 14.9. The lowest BCUT2D eigenvalue weighted by Crippen LogP contribution is -2.50. The first-order chi connectivity index (χ1) is 13.2. The van der Waals surface area contributed by atoms with Crippen molar-refractivity contribution in [1.29, 1.82) is 0 Å². The lowest BCUT2D eigenvalue weighted by molar-refractivity contribution is 0.189. The minimum absolute atomic E-state index is 0.0387. The Morgan fingerprint density at radius 1 is 1.22 bits per heavy atom. The zero-order chi connectivity index (χ0) is 18.6. The van der Waals surface area contributed by atoms with Crippen molar-refractivity contribution < 1.29 is 9.53 Å². The van der Waals surface area contributed by atoms with Gasteiger partial charge in [-0.05, 0) is 18.6 Å². The monoisotopic (exact) mass is 370 g/mol. The number of imidazole rings is 1. The Kier molecular flexibility index (Phi) is 4.93. The second kappa shape index (κ2) is 7.67. The Bertz CT molecular complexity index is 1010. The number of amides is 2. The average Bonchev–Trinajstić information content (AvgIpc) is 3.07. The lowest BCUT2D eigenvalue weighted by atomic mass is 10.2. The van der Waals surface area contributed by atoms with Crippen LogP contribution >= 0.6 is 0 Å². The van der Waals surface area contributed by atoms with E-state index in [1.54, 1.807) is 0 Å². The lowest BCUT2D eigenvalue weighted by Gasteiger charge is -2.27. The van der Waals surface area contributed by atoms with Gasteiger partial charge in [-0.2, -0.15) is 0 Å². The summed E-state index contributed by atoms with van der Waals surface area (Å²) >= 11 is 0. The van der Waals surface area contributed by atoms with Crippen molar-refractivity contribution in [3.05, 3.63) is 34.7 Å². The van der Waals surface area contributed by atoms with Crippen molar-refractivity contribution in [2.45, 2.75) is 6.42 Å². The normalized spacial score (nSPS) is 14.6. The van der Waals surface area contributed by atoms with Gasteiger partial charge in [-0.1, -0.05) is 12.1 Å². The van der Waals surface area contributed by atoms with E-state index in [0.29, 0.717) is 36.5 Å². The van der Waals surface area contributed by atoms with Crippen LogP contribution in [0.25, 0.3) is 22.1 Å². The summed E-state index contributed by atoms with van der Waals surface area (Å²) in [5.41, 5.74) is 1.47. The minimum Gasteiger partial charge on any atom is -0.490 e. The predicted molar refractivity (Wildman–Crippen MR) is 102 cm³/mol. The van der Waals surface area contributed by atoms with Crippen LogP contribution < -0.4 is 21.1 Å². The molecule has 27 heavy (non-hydrogen) atoms. The minimum atomic E-state index is -0.319. The number of nitrogens with one attached hydrogen (secondary N) is 4. The maximum absolute atomic E-state index is 12.1. The third-order valence-corrected chi connectivity index (χ3v) is 4.56. The highest BCUT2D eigenvalue weighted by atomic mass is 16.5. The number of hydrogen-bond acceptors (Lipinski definition) is 5. The van der Waals surface area contributed by atoms with E-state index in [1.807, 2.05) is 29.2 Å². The van der Waals surface area contributed by atoms with E-state index in [0.717, 1.165) is 37.1 Å². The molecule has 3 aromatic rings. The van der Waals surface area contributed by atoms with Crippen molar-refractivity contribution in [2.24, 2.45) is 0 Å². The van der Waals surface area contributed by atoms with Crippen molar-refractivity contribution in [2.75, 3.05) is 39.3 Å². The Morgan fingerprint density at radius 2 is 2.04 bits per heavy atom. The first-order valence-corrected chi connectivity index (χ1v) is 9.09. The molecule has 0 bridgehead atoms. The molecule has 9 nitrogen and oxygen atoms in total. The van der Waals surface area contributed by atoms with E-state index in [1.165, 1.54) is 0 Å². The third kappa shape index (κ3) is 3.72. The Balaban J connectivity index is 1.39. The summed E-state index contributed by atoms with van der Waals surface area (Å²) in [5, 5.41) is 6.98. The fraction of sp³-hybridized carbons (Fsp3) is 0.389. The molecule has 1 fully saturated rings. The molecule has 2 aromatic heterocycles. The number of piperazine rings is 1. The maximum atomic E-state index is 12.1. The molecular formula is C18H22N6O3. The number of nitrogens with zero attached hydrogens (tertiary/aromatic N) is 2. The summed E-state index contributed by atoms with van der Waals surface area (Å²) in [6, 6.07) is 7.54. The van der Waals surface area contributed by atoms with Gasteiger partial charge in [0.05, 0.1) is 12.1 Å². The Morgan fingerprint density at radius 3 is 2.89 bits per heavy atom. The molecule has 9 heteroatoms. The number of benzene rings is 1. The summed E-state index contributed by atoms with van der Waals surface area (Å²) in [6.07, 6.45) is 0.657. The molecule has 0 unspecified atom stereocenters. The number of carbonyl (C=O) groups is 1. The van der Waals surface area contributed by atoms with Gasteiger partial charge in [-0.3, -0.25) is 4.98 Å². The Hall–Kier alpha value is -3.07. The van der Waals surface area contributed by atoms with Gasteiger partial charge < -0.3 is 25.3 Å². The van der Waals surface area contributed by atoms with Gasteiger partial charge in [-0.25, -0.2) is 14.6 Å². The summed E-state index contributed by atoms with van der Waals surface area (Å²) in [4.78, 5) is 35.4. The van der Waals surface area contributed by atoms with Crippen molar-refractivity contribution in [3.63, 3.8) is 0 Å². The molecule has 0 radical (unpaired) electrons. The average molecular weight is 370 g/mol. The molecule has 3 heterocycles. The van der Waals surface area contributed by atoms with E-state index >= 15 is 0 Å². The van der Waals surface area contributed by atoms with Gasteiger partial charge in [0.2, 0.25) is 0 Å². The van der Waals surface area contributed by atoms with Crippen LogP contribution in [0.2, 0.25) is 0 Å². The number of hydrogen-bond donors (Lipinski definition) is 4. The van der Waals surface area contributed by atoms with Crippen molar-refractivity contribution >= 4 is 28.1 Å². The molecule has 0 saturated carbocycles. The van der Waals surface area contributed by atoms with Crippen LogP contribution in [-0.2, 0) is 0 Å². The fourth-order valence-electron chi connectivity index (χ4n) is 3.21. The van der Waals surface area contributed by atoms with E-state index in [2.05, 4.69) is 25.6 Å². The van der Waals surface area contributed by atoms with E-state index in [-0.39, 0.29) is 11.7 Å². The van der Waals surface area contributed by atoms with E-state index < -0.39 is 0 Å². The largest absolute Gasteiger partial charge is 0.490 e. The van der Waals surface area contributed by atoms with Gasteiger partial charge in [0.25, 0.3) is 0 Å². The Labute approximate surface area is 155 Å². The van der Waals surface area contributed by atoms with Gasteiger partial charge in [0.15, 0.2) is 11.4 Å². The smallest absolute Gasteiger partial charge is 0.325 e. The molecule has 0 atom stereocenters.